The third kappa shape index (κ3) is 5.72. The third-order valence-electron chi connectivity index (χ3n) is 3.48. The predicted octanol–water partition coefficient (Wildman–Crippen LogP) is 0.540. The quantitative estimate of drug-likeness (QED) is 0.499. The molecule has 0 saturated carbocycles. The minimum atomic E-state index is -0.0988. The molecule has 0 aromatic carbocycles. The number of nitrogens with one attached hydrogen (secondary N) is 1. The van der Waals surface area contributed by atoms with Crippen molar-refractivity contribution >= 4 is 5.91 Å². The Bertz CT molecular complexity index is 276. The Kier molecular flexibility index (Phi) is 7.70. The molecule has 0 aromatic rings. The largest absolute Gasteiger partial charge is 0.396 e. The first-order valence-corrected chi connectivity index (χ1v) is 7.04. The van der Waals surface area contributed by atoms with Gasteiger partial charge in [-0.2, -0.15) is 0 Å². The van der Waals surface area contributed by atoms with Crippen molar-refractivity contribution in [2.45, 2.75) is 38.3 Å². The zero-order valence-corrected chi connectivity index (χ0v) is 11.8. The smallest absolute Gasteiger partial charge is 0.237 e. The first-order chi connectivity index (χ1) is 9.19. The first-order valence-electron chi connectivity index (χ1n) is 7.04. The van der Waals surface area contributed by atoms with E-state index in [0.717, 1.165) is 25.9 Å². The van der Waals surface area contributed by atoms with E-state index < -0.39 is 0 Å². The summed E-state index contributed by atoms with van der Waals surface area (Å²) in [7, 11) is 0. The molecule has 1 unspecified atom stereocenters. The van der Waals surface area contributed by atoms with Gasteiger partial charge in [0.25, 0.3) is 0 Å². The molecule has 1 atom stereocenters. The average molecular weight is 270 g/mol. The Balaban J connectivity index is 2.24. The summed E-state index contributed by atoms with van der Waals surface area (Å²) in [6.45, 7) is 8.61. The van der Waals surface area contributed by atoms with E-state index >= 15 is 0 Å². The van der Waals surface area contributed by atoms with Crippen molar-refractivity contribution < 1.29 is 14.6 Å². The van der Waals surface area contributed by atoms with Crippen molar-refractivity contribution in [1.29, 1.82) is 0 Å². The normalized spacial score (nSPS) is 19.1. The number of piperidine rings is 1. The Morgan fingerprint density at radius 3 is 2.84 bits per heavy atom. The van der Waals surface area contributed by atoms with E-state index in [1.165, 1.54) is 0 Å². The maximum absolute atomic E-state index is 11.8. The number of rotatable bonds is 8. The maximum atomic E-state index is 11.8. The lowest BCUT2D eigenvalue weighted by Gasteiger charge is -2.35. The monoisotopic (exact) mass is 270 g/mol. The lowest BCUT2D eigenvalue weighted by atomic mass is 10.1. The molecule has 1 aliphatic heterocycles. The third-order valence-corrected chi connectivity index (χ3v) is 3.48. The van der Waals surface area contributed by atoms with E-state index in [2.05, 4.69) is 16.8 Å². The maximum Gasteiger partial charge on any atom is 0.237 e. The van der Waals surface area contributed by atoms with Crippen LogP contribution in [0.1, 0.15) is 26.2 Å². The van der Waals surface area contributed by atoms with Gasteiger partial charge in [0.15, 0.2) is 0 Å². The fraction of sp³-hybridized carbons (Fsp3) is 0.786. The van der Waals surface area contributed by atoms with Gasteiger partial charge in [0.1, 0.15) is 0 Å². The van der Waals surface area contributed by atoms with E-state index in [9.17, 15) is 4.79 Å². The summed E-state index contributed by atoms with van der Waals surface area (Å²) < 4.78 is 5.68. The van der Waals surface area contributed by atoms with Crippen LogP contribution in [0.15, 0.2) is 12.7 Å². The van der Waals surface area contributed by atoms with Gasteiger partial charge in [-0.3, -0.25) is 9.69 Å². The van der Waals surface area contributed by atoms with Crippen LogP contribution in [0.3, 0.4) is 0 Å². The highest BCUT2D eigenvalue weighted by Crippen LogP contribution is 2.16. The lowest BCUT2D eigenvalue weighted by molar-refractivity contribution is -0.126. The highest BCUT2D eigenvalue weighted by molar-refractivity contribution is 5.81. The number of aliphatic hydroxyl groups excluding tert-OH is 1. The fourth-order valence-corrected chi connectivity index (χ4v) is 2.23. The molecule has 2 N–H and O–H groups in total. The zero-order chi connectivity index (χ0) is 14.1. The highest BCUT2D eigenvalue weighted by atomic mass is 16.5. The number of nitrogens with zero attached hydrogens (tertiary/aromatic N) is 1. The van der Waals surface area contributed by atoms with Gasteiger partial charge in [0.2, 0.25) is 5.91 Å². The molecule has 110 valence electrons. The van der Waals surface area contributed by atoms with E-state index in [4.69, 9.17) is 9.84 Å². The number of ether oxygens (including phenoxy) is 1. The van der Waals surface area contributed by atoms with E-state index in [1.807, 2.05) is 6.92 Å². The first kappa shape index (κ1) is 16.1. The van der Waals surface area contributed by atoms with Gasteiger partial charge in [-0.15, -0.1) is 6.58 Å². The number of aliphatic hydroxyl groups is 1. The van der Waals surface area contributed by atoms with Crippen LogP contribution in [0.2, 0.25) is 0 Å². The molecule has 0 radical (unpaired) electrons. The van der Waals surface area contributed by atoms with Gasteiger partial charge in [-0.05, 0) is 26.2 Å². The molecule has 5 nitrogen and oxygen atoms in total. The Morgan fingerprint density at radius 2 is 2.26 bits per heavy atom. The van der Waals surface area contributed by atoms with Gasteiger partial charge in [0, 0.05) is 32.8 Å². The van der Waals surface area contributed by atoms with Crippen LogP contribution in [0.5, 0.6) is 0 Å². The number of hydrogen-bond donors (Lipinski definition) is 2. The molecule has 1 saturated heterocycles. The topological polar surface area (TPSA) is 61.8 Å². The van der Waals surface area contributed by atoms with E-state index in [0.29, 0.717) is 19.6 Å². The van der Waals surface area contributed by atoms with E-state index in [1.54, 1.807) is 6.08 Å². The van der Waals surface area contributed by atoms with Gasteiger partial charge < -0.3 is 15.2 Å². The predicted molar refractivity (Wildman–Crippen MR) is 74.9 cm³/mol. The van der Waals surface area contributed by atoms with Gasteiger partial charge in [-0.1, -0.05) is 6.08 Å². The molecule has 1 amide bonds. The summed E-state index contributed by atoms with van der Waals surface area (Å²) in [6, 6.07) is -0.0988. The molecule has 1 fully saturated rings. The molecule has 1 rings (SSSR count). The highest BCUT2D eigenvalue weighted by Gasteiger charge is 2.26. The van der Waals surface area contributed by atoms with Crippen molar-refractivity contribution in [3.63, 3.8) is 0 Å². The van der Waals surface area contributed by atoms with Gasteiger partial charge in [-0.25, -0.2) is 0 Å². The van der Waals surface area contributed by atoms with Crippen LogP contribution in [-0.4, -0.2) is 60.9 Å². The van der Waals surface area contributed by atoms with Crippen LogP contribution >= 0.6 is 0 Å². The van der Waals surface area contributed by atoms with Gasteiger partial charge in [0.05, 0.1) is 12.1 Å². The van der Waals surface area contributed by atoms with Crippen molar-refractivity contribution in [3.05, 3.63) is 12.7 Å². The number of amides is 1. The van der Waals surface area contributed by atoms with E-state index in [-0.39, 0.29) is 24.7 Å². The van der Waals surface area contributed by atoms with Crippen molar-refractivity contribution in [2.24, 2.45) is 0 Å². The molecule has 1 heterocycles. The Hall–Kier alpha value is -0.910. The standard InChI is InChI=1S/C14H26N2O3/c1-3-7-15-14(18)12(2)16-8-5-13(6-9-16)19-11-4-10-17/h3,12-13,17H,1,4-11H2,2H3,(H,15,18). The van der Waals surface area contributed by atoms with Crippen molar-refractivity contribution in [3.8, 4) is 0 Å². The molecule has 0 aliphatic carbocycles. The summed E-state index contributed by atoms with van der Waals surface area (Å²) in [4.78, 5) is 14.0. The summed E-state index contributed by atoms with van der Waals surface area (Å²) in [5.41, 5.74) is 0. The van der Waals surface area contributed by atoms with Crippen LogP contribution in [0.25, 0.3) is 0 Å². The van der Waals surface area contributed by atoms with Crippen LogP contribution in [0, 0.1) is 0 Å². The average Bonchev–Trinajstić information content (AvgIpc) is 2.45. The molecule has 0 spiro atoms. The summed E-state index contributed by atoms with van der Waals surface area (Å²) in [5, 5.41) is 11.5. The number of carbonyl (C=O) groups excluding carboxylic acids is 1. The fourth-order valence-electron chi connectivity index (χ4n) is 2.23. The number of likely N-dealkylation sites (tertiary alicyclic amines) is 1. The second-order valence-corrected chi connectivity index (χ2v) is 4.89. The zero-order valence-electron chi connectivity index (χ0n) is 11.8. The number of hydrogen-bond acceptors (Lipinski definition) is 4. The number of carbonyl (C=O) groups is 1. The molecular formula is C14H26N2O3. The SMILES string of the molecule is C=CCNC(=O)C(C)N1CCC(OCCCO)CC1. The Labute approximate surface area is 115 Å². The second kappa shape index (κ2) is 9.07. The summed E-state index contributed by atoms with van der Waals surface area (Å²) >= 11 is 0. The molecule has 0 aromatic heterocycles. The molecular weight excluding hydrogens is 244 g/mol. The Morgan fingerprint density at radius 1 is 1.58 bits per heavy atom. The van der Waals surface area contributed by atoms with Crippen molar-refractivity contribution in [2.75, 3.05) is 32.8 Å². The lowest BCUT2D eigenvalue weighted by Crippen LogP contribution is -2.49. The minimum Gasteiger partial charge on any atom is -0.396 e. The van der Waals surface area contributed by atoms with Crippen LogP contribution in [0.4, 0.5) is 0 Å². The van der Waals surface area contributed by atoms with Gasteiger partial charge >= 0.3 is 0 Å². The second-order valence-electron chi connectivity index (χ2n) is 4.89. The van der Waals surface area contributed by atoms with Crippen molar-refractivity contribution in [1.82, 2.24) is 10.2 Å². The molecule has 0 bridgehead atoms. The van der Waals surface area contributed by atoms with Crippen LogP contribution < -0.4 is 5.32 Å². The molecule has 1 aliphatic rings. The summed E-state index contributed by atoms with van der Waals surface area (Å²) in [6.07, 6.45) is 4.55. The summed E-state index contributed by atoms with van der Waals surface area (Å²) in [5.74, 6) is 0.0551. The molecule has 5 heteroatoms. The minimum absolute atomic E-state index is 0.0551. The molecule has 19 heavy (non-hydrogen) atoms. The van der Waals surface area contributed by atoms with Crippen LogP contribution in [-0.2, 0) is 9.53 Å².